The van der Waals surface area contributed by atoms with Crippen LogP contribution in [0.3, 0.4) is 0 Å². The summed E-state index contributed by atoms with van der Waals surface area (Å²) in [7, 11) is 0. The van der Waals surface area contributed by atoms with Crippen molar-refractivity contribution in [2.75, 3.05) is 31.6 Å². The van der Waals surface area contributed by atoms with Crippen molar-refractivity contribution >= 4 is 17.7 Å². The van der Waals surface area contributed by atoms with Crippen LogP contribution >= 0.6 is 0 Å². The molecule has 1 fully saturated rings. The number of piperidine rings is 1. The molecule has 0 radical (unpaired) electrons. The maximum atomic E-state index is 12.4. The van der Waals surface area contributed by atoms with E-state index in [2.05, 4.69) is 10.1 Å². The Labute approximate surface area is 160 Å². The normalized spacial score (nSPS) is 14.9. The maximum Gasteiger partial charge on any atom is 0.422 e. The molecule has 1 aliphatic rings. The predicted molar refractivity (Wildman–Crippen MR) is 92.7 cm³/mol. The summed E-state index contributed by atoms with van der Waals surface area (Å²) < 4.78 is 46.3. The molecular weight excluding hydrogens is 379 g/mol. The van der Waals surface area contributed by atoms with Crippen molar-refractivity contribution in [3.63, 3.8) is 0 Å². The number of rotatable bonds is 5. The highest BCUT2D eigenvalue weighted by Crippen LogP contribution is 2.26. The van der Waals surface area contributed by atoms with Gasteiger partial charge in [0.1, 0.15) is 11.8 Å². The topological polar surface area (TPSA) is 91.7 Å². The highest BCUT2D eigenvalue weighted by Gasteiger charge is 2.29. The van der Waals surface area contributed by atoms with Crippen LogP contribution in [0.1, 0.15) is 25.3 Å². The van der Waals surface area contributed by atoms with Crippen LogP contribution in [0.2, 0.25) is 0 Å². The van der Waals surface area contributed by atoms with E-state index in [1.807, 2.05) is 0 Å². The Balaban J connectivity index is 1.94. The number of nitriles is 1. The van der Waals surface area contributed by atoms with E-state index >= 15 is 0 Å². The third-order valence-corrected chi connectivity index (χ3v) is 4.15. The van der Waals surface area contributed by atoms with Crippen LogP contribution < -0.4 is 10.1 Å². The van der Waals surface area contributed by atoms with Gasteiger partial charge in [-0.15, -0.1) is 0 Å². The molecule has 1 heterocycles. The molecule has 152 valence electrons. The molecule has 1 aliphatic heterocycles. The number of halogens is 3. The van der Waals surface area contributed by atoms with Crippen molar-refractivity contribution in [3.8, 4) is 11.8 Å². The molecule has 0 unspecified atom stereocenters. The van der Waals surface area contributed by atoms with Gasteiger partial charge in [0.15, 0.2) is 6.61 Å². The van der Waals surface area contributed by atoms with Crippen LogP contribution in [0.4, 0.5) is 23.7 Å². The van der Waals surface area contributed by atoms with Gasteiger partial charge in [0, 0.05) is 24.7 Å². The van der Waals surface area contributed by atoms with Gasteiger partial charge in [-0.05, 0) is 38.0 Å². The SMILES string of the molecule is CCOC(=O)N1CCC(C(=O)Nc2ccc(OCC(F)(F)F)c(C#N)c2)CC1. The molecule has 1 aromatic carbocycles. The second-order valence-corrected chi connectivity index (χ2v) is 6.18. The molecule has 2 amide bonds. The van der Waals surface area contributed by atoms with Crippen LogP contribution in [0.25, 0.3) is 0 Å². The summed E-state index contributed by atoms with van der Waals surface area (Å²) in [6.45, 7) is 1.28. The van der Waals surface area contributed by atoms with E-state index in [-0.39, 0.29) is 35.4 Å². The Morgan fingerprint density at radius 2 is 2.00 bits per heavy atom. The number of carbonyl (C=O) groups is 2. The van der Waals surface area contributed by atoms with E-state index in [0.717, 1.165) is 0 Å². The molecule has 0 aromatic heterocycles. The summed E-state index contributed by atoms with van der Waals surface area (Å²) in [5.41, 5.74) is 0.174. The molecule has 1 saturated heterocycles. The number of benzene rings is 1. The molecule has 0 saturated carbocycles. The lowest BCUT2D eigenvalue weighted by atomic mass is 9.96. The smallest absolute Gasteiger partial charge is 0.422 e. The van der Waals surface area contributed by atoms with Gasteiger partial charge in [-0.1, -0.05) is 0 Å². The maximum absolute atomic E-state index is 12.4. The van der Waals surface area contributed by atoms with Gasteiger partial charge in [0.25, 0.3) is 0 Å². The summed E-state index contributed by atoms with van der Waals surface area (Å²) in [5, 5.41) is 11.8. The molecule has 1 aromatic rings. The number of alkyl halides is 3. The van der Waals surface area contributed by atoms with Crippen LogP contribution in [0.5, 0.6) is 5.75 Å². The summed E-state index contributed by atoms with van der Waals surface area (Å²) in [6, 6.07) is 5.60. The first-order valence-corrected chi connectivity index (χ1v) is 8.69. The lowest BCUT2D eigenvalue weighted by Gasteiger charge is -2.30. The molecule has 2 rings (SSSR count). The third kappa shape index (κ3) is 6.04. The van der Waals surface area contributed by atoms with Gasteiger partial charge >= 0.3 is 12.3 Å². The number of amides is 2. The van der Waals surface area contributed by atoms with Gasteiger partial charge in [0.2, 0.25) is 5.91 Å². The van der Waals surface area contributed by atoms with E-state index in [0.29, 0.717) is 25.9 Å². The van der Waals surface area contributed by atoms with Gasteiger partial charge in [0.05, 0.1) is 12.2 Å². The zero-order valence-electron chi connectivity index (χ0n) is 15.2. The Morgan fingerprint density at radius 3 is 2.57 bits per heavy atom. The minimum Gasteiger partial charge on any atom is -0.483 e. The van der Waals surface area contributed by atoms with Gasteiger partial charge in [-0.25, -0.2) is 4.79 Å². The Hall–Kier alpha value is -2.96. The summed E-state index contributed by atoms with van der Waals surface area (Å²) >= 11 is 0. The predicted octanol–water partition coefficient (Wildman–Crippen LogP) is 3.31. The molecule has 10 heteroatoms. The van der Waals surface area contributed by atoms with Gasteiger partial charge < -0.3 is 19.7 Å². The van der Waals surface area contributed by atoms with Crippen molar-refractivity contribution in [3.05, 3.63) is 23.8 Å². The van der Waals surface area contributed by atoms with E-state index in [1.54, 1.807) is 13.0 Å². The first-order chi connectivity index (χ1) is 13.2. The minimum atomic E-state index is -4.52. The molecule has 0 aliphatic carbocycles. The Bertz CT molecular complexity index is 753. The zero-order valence-corrected chi connectivity index (χ0v) is 15.2. The van der Waals surface area contributed by atoms with Crippen molar-refractivity contribution in [2.24, 2.45) is 5.92 Å². The van der Waals surface area contributed by atoms with Crippen molar-refractivity contribution in [1.29, 1.82) is 5.26 Å². The number of likely N-dealkylation sites (tertiary alicyclic amines) is 1. The summed E-state index contributed by atoms with van der Waals surface area (Å²) in [6.07, 6.45) is -4.00. The van der Waals surface area contributed by atoms with E-state index in [9.17, 15) is 22.8 Å². The summed E-state index contributed by atoms with van der Waals surface area (Å²) in [4.78, 5) is 25.6. The molecule has 1 N–H and O–H groups in total. The molecule has 7 nitrogen and oxygen atoms in total. The highest BCUT2D eigenvalue weighted by atomic mass is 19.4. The quantitative estimate of drug-likeness (QED) is 0.820. The fourth-order valence-corrected chi connectivity index (χ4v) is 2.76. The zero-order chi connectivity index (χ0) is 20.7. The van der Waals surface area contributed by atoms with E-state index in [1.165, 1.54) is 23.1 Å². The largest absolute Gasteiger partial charge is 0.483 e. The Morgan fingerprint density at radius 1 is 1.32 bits per heavy atom. The molecule has 28 heavy (non-hydrogen) atoms. The van der Waals surface area contributed by atoms with Crippen LogP contribution in [0, 0.1) is 17.2 Å². The minimum absolute atomic E-state index is 0.112. The second kappa shape index (κ2) is 9.30. The summed E-state index contributed by atoms with van der Waals surface area (Å²) in [5.74, 6) is -0.811. The highest BCUT2D eigenvalue weighted by molar-refractivity contribution is 5.93. The average Bonchev–Trinajstić information content (AvgIpc) is 2.66. The number of nitrogens with one attached hydrogen (secondary N) is 1. The van der Waals surface area contributed by atoms with Crippen LogP contribution in [-0.4, -0.2) is 49.4 Å². The number of hydrogen-bond donors (Lipinski definition) is 1. The van der Waals surface area contributed by atoms with Crippen molar-refractivity contribution in [2.45, 2.75) is 25.9 Å². The van der Waals surface area contributed by atoms with Gasteiger partial charge in [-0.3, -0.25) is 4.79 Å². The number of hydrogen-bond acceptors (Lipinski definition) is 5. The fourth-order valence-electron chi connectivity index (χ4n) is 2.76. The van der Waals surface area contributed by atoms with Crippen molar-refractivity contribution in [1.82, 2.24) is 4.90 Å². The first-order valence-electron chi connectivity index (χ1n) is 8.69. The molecular formula is C18H20F3N3O4. The van der Waals surface area contributed by atoms with Gasteiger partial charge in [-0.2, -0.15) is 18.4 Å². The van der Waals surface area contributed by atoms with Crippen LogP contribution in [-0.2, 0) is 9.53 Å². The molecule has 0 atom stereocenters. The number of carbonyl (C=O) groups excluding carboxylic acids is 2. The van der Waals surface area contributed by atoms with Crippen molar-refractivity contribution < 1.29 is 32.2 Å². The fraction of sp³-hybridized carbons (Fsp3) is 0.500. The number of anilines is 1. The number of ether oxygens (including phenoxy) is 2. The number of nitrogens with zero attached hydrogens (tertiary/aromatic N) is 2. The third-order valence-electron chi connectivity index (χ3n) is 4.15. The van der Waals surface area contributed by atoms with E-state index in [4.69, 9.17) is 10.00 Å². The Kier molecular flexibility index (Phi) is 7.09. The molecule has 0 bridgehead atoms. The van der Waals surface area contributed by atoms with E-state index < -0.39 is 18.9 Å². The lowest BCUT2D eigenvalue weighted by Crippen LogP contribution is -2.41. The lowest BCUT2D eigenvalue weighted by molar-refractivity contribution is -0.153. The van der Waals surface area contributed by atoms with Crippen LogP contribution in [0.15, 0.2) is 18.2 Å². The monoisotopic (exact) mass is 399 g/mol. The second-order valence-electron chi connectivity index (χ2n) is 6.18. The first kappa shape index (κ1) is 21.3. The average molecular weight is 399 g/mol. The molecule has 0 spiro atoms. The standard InChI is InChI=1S/C18H20F3N3O4/c1-2-27-17(26)24-7-5-12(6-8-24)16(25)23-14-3-4-15(13(9-14)10-22)28-11-18(19,20)21/h3-4,9,12H,2,5-8,11H2,1H3,(H,23,25).